The van der Waals surface area contributed by atoms with E-state index in [0.717, 1.165) is 5.56 Å². The highest BCUT2D eigenvalue weighted by Crippen LogP contribution is 2.37. The molecule has 4 heterocycles. The molecule has 10 heteroatoms. The van der Waals surface area contributed by atoms with Crippen molar-refractivity contribution in [3.63, 3.8) is 0 Å². The zero-order chi connectivity index (χ0) is 23.9. The minimum absolute atomic E-state index is 0.127. The second kappa shape index (κ2) is 8.72. The Kier molecular flexibility index (Phi) is 5.73. The summed E-state index contributed by atoms with van der Waals surface area (Å²) in [4.78, 5) is 27.5. The van der Waals surface area contributed by atoms with Gasteiger partial charge in [0.25, 0.3) is 17.6 Å². The fraction of sp³-hybridized carbons (Fsp3) is 0.292. The standard InChI is InChI=1S/C24H21ClF2N6O/c1-15-9-21(33-23(31-15)29-14-30-33)17-11-24(26,27)13-32(12-17)22(34)19-3-2-8-28-20(19)10-16-4-6-18(25)7-5-16/h2-9,14,17H,10-13H2,1H3. The number of piperidine rings is 1. The van der Waals surface area contributed by atoms with Gasteiger partial charge in [-0.3, -0.25) is 9.78 Å². The second-order valence-electron chi connectivity index (χ2n) is 8.54. The first-order chi connectivity index (χ1) is 16.3. The Morgan fingerprint density at radius 3 is 2.79 bits per heavy atom. The van der Waals surface area contributed by atoms with E-state index in [-0.39, 0.29) is 13.0 Å². The van der Waals surface area contributed by atoms with Crippen LogP contribution in [0.3, 0.4) is 0 Å². The number of likely N-dealkylation sites (tertiary alicyclic amines) is 1. The highest BCUT2D eigenvalue weighted by molar-refractivity contribution is 6.30. The van der Waals surface area contributed by atoms with Crippen LogP contribution in [0.2, 0.25) is 5.02 Å². The van der Waals surface area contributed by atoms with Gasteiger partial charge in [-0.2, -0.15) is 10.1 Å². The van der Waals surface area contributed by atoms with Gasteiger partial charge in [-0.25, -0.2) is 18.3 Å². The summed E-state index contributed by atoms with van der Waals surface area (Å²) in [5.41, 5.74) is 2.97. The molecular weight excluding hydrogens is 462 g/mol. The monoisotopic (exact) mass is 482 g/mol. The zero-order valence-electron chi connectivity index (χ0n) is 18.3. The molecule has 34 heavy (non-hydrogen) atoms. The van der Waals surface area contributed by atoms with Gasteiger partial charge in [0.2, 0.25) is 0 Å². The number of hydrogen-bond acceptors (Lipinski definition) is 5. The number of halogens is 3. The van der Waals surface area contributed by atoms with Crippen LogP contribution in [0.1, 0.15) is 45.3 Å². The van der Waals surface area contributed by atoms with Crippen molar-refractivity contribution in [2.45, 2.75) is 31.6 Å². The minimum atomic E-state index is -3.05. The van der Waals surface area contributed by atoms with Gasteiger partial charge in [-0.15, -0.1) is 0 Å². The van der Waals surface area contributed by atoms with Crippen LogP contribution in [0, 0.1) is 6.92 Å². The van der Waals surface area contributed by atoms with Gasteiger partial charge in [0.1, 0.15) is 6.33 Å². The van der Waals surface area contributed by atoms with Crippen molar-refractivity contribution in [3.05, 3.63) is 88.2 Å². The van der Waals surface area contributed by atoms with Crippen LogP contribution in [-0.4, -0.2) is 54.4 Å². The number of fused-ring (bicyclic) bond motifs is 1. The van der Waals surface area contributed by atoms with Gasteiger partial charge in [0, 0.05) is 42.2 Å². The summed E-state index contributed by atoms with van der Waals surface area (Å²) in [6.45, 7) is 1.26. The number of carbonyl (C=O) groups excluding carboxylic acids is 1. The lowest BCUT2D eigenvalue weighted by molar-refractivity contribution is -0.0641. The van der Waals surface area contributed by atoms with E-state index in [1.807, 2.05) is 12.1 Å². The normalized spacial score (nSPS) is 17.8. The van der Waals surface area contributed by atoms with E-state index < -0.39 is 24.3 Å². The number of pyridine rings is 1. The predicted molar refractivity (Wildman–Crippen MR) is 122 cm³/mol. The fourth-order valence-corrected chi connectivity index (χ4v) is 4.57. The quantitative estimate of drug-likeness (QED) is 0.432. The maximum atomic E-state index is 14.9. The van der Waals surface area contributed by atoms with E-state index in [1.54, 1.807) is 43.5 Å². The molecule has 1 fully saturated rings. The lowest BCUT2D eigenvalue weighted by atomic mass is 9.91. The molecule has 174 valence electrons. The topological polar surface area (TPSA) is 76.3 Å². The molecule has 3 aromatic heterocycles. The Bertz CT molecular complexity index is 1360. The summed E-state index contributed by atoms with van der Waals surface area (Å²) in [7, 11) is 0. The van der Waals surface area contributed by atoms with Crippen LogP contribution in [0.15, 0.2) is 55.0 Å². The van der Waals surface area contributed by atoms with Crippen LogP contribution in [0.4, 0.5) is 8.78 Å². The molecule has 1 aliphatic rings. The smallest absolute Gasteiger partial charge is 0.266 e. The average molecular weight is 483 g/mol. The molecular formula is C24H21ClF2N6O. The van der Waals surface area contributed by atoms with Crippen molar-refractivity contribution in [1.29, 1.82) is 0 Å². The highest BCUT2D eigenvalue weighted by Gasteiger charge is 2.44. The van der Waals surface area contributed by atoms with E-state index in [2.05, 4.69) is 20.1 Å². The number of alkyl halides is 2. The maximum absolute atomic E-state index is 14.9. The third-order valence-electron chi connectivity index (χ3n) is 5.93. The first kappa shape index (κ1) is 22.3. The number of aryl methyl sites for hydroxylation is 1. The van der Waals surface area contributed by atoms with Gasteiger partial charge in [0.15, 0.2) is 0 Å². The van der Waals surface area contributed by atoms with E-state index in [4.69, 9.17) is 11.6 Å². The lowest BCUT2D eigenvalue weighted by Gasteiger charge is -2.38. The van der Waals surface area contributed by atoms with E-state index in [0.29, 0.717) is 39.9 Å². The molecule has 1 saturated heterocycles. The molecule has 0 aliphatic carbocycles. The average Bonchev–Trinajstić information content (AvgIpc) is 3.27. The van der Waals surface area contributed by atoms with Crippen molar-refractivity contribution in [2.24, 2.45) is 0 Å². The highest BCUT2D eigenvalue weighted by atomic mass is 35.5. The molecule has 7 nitrogen and oxygen atoms in total. The number of rotatable bonds is 4. The molecule has 0 bridgehead atoms. The molecule has 0 N–H and O–H groups in total. The molecule has 0 saturated carbocycles. The molecule has 1 unspecified atom stereocenters. The van der Waals surface area contributed by atoms with Gasteiger partial charge >= 0.3 is 0 Å². The number of carbonyl (C=O) groups is 1. The summed E-state index contributed by atoms with van der Waals surface area (Å²) in [5.74, 6) is -3.81. The Labute approximate surface area is 199 Å². The molecule has 0 radical (unpaired) electrons. The molecule has 1 atom stereocenters. The molecule has 1 aromatic carbocycles. The third kappa shape index (κ3) is 4.48. The Morgan fingerprint density at radius 1 is 1.21 bits per heavy atom. The summed E-state index contributed by atoms with van der Waals surface area (Å²) < 4.78 is 31.3. The number of hydrogen-bond donors (Lipinski definition) is 0. The molecule has 5 rings (SSSR count). The Morgan fingerprint density at radius 2 is 2.00 bits per heavy atom. The fourth-order valence-electron chi connectivity index (χ4n) is 4.44. The second-order valence-corrected chi connectivity index (χ2v) is 8.97. The summed E-state index contributed by atoms with van der Waals surface area (Å²) in [6.07, 6.45) is 2.93. The molecule has 0 spiro atoms. The van der Waals surface area contributed by atoms with Crippen LogP contribution >= 0.6 is 11.6 Å². The summed E-state index contributed by atoms with van der Waals surface area (Å²) in [6, 6.07) is 12.2. The number of aromatic nitrogens is 5. The van der Waals surface area contributed by atoms with Crippen LogP contribution in [0.5, 0.6) is 0 Å². The number of benzene rings is 1. The van der Waals surface area contributed by atoms with Crippen molar-refractivity contribution < 1.29 is 13.6 Å². The minimum Gasteiger partial charge on any atom is -0.332 e. The lowest BCUT2D eigenvalue weighted by Crippen LogP contribution is -2.49. The van der Waals surface area contributed by atoms with Crippen LogP contribution in [-0.2, 0) is 6.42 Å². The van der Waals surface area contributed by atoms with Crippen molar-refractivity contribution >= 4 is 23.3 Å². The third-order valence-corrected chi connectivity index (χ3v) is 6.18. The maximum Gasteiger partial charge on any atom is 0.266 e. The predicted octanol–water partition coefficient (Wildman–Crippen LogP) is 4.34. The molecule has 1 amide bonds. The van der Waals surface area contributed by atoms with Crippen LogP contribution in [0.25, 0.3) is 5.78 Å². The Hall–Kier alpha value is -3.46. The SMILES string of the molecule is Cc1cc(C2CN(C(=O)c3cccnc3Cc3ccc(Cl)cc3)CC(F)(F)C2)n2ncnc2n1. The molecule has 4 aromatic rings. The first-order valence-corrected chi connectivity index (χ1v) is 11.2. The van der Waals surface area contributed by atoms with E-state index in [9.17, 15) is 13.6 Å². The summed E-state index contributed by atoms with van der Waals surface area (Å²) >= 11 is 5.97. The zero-order valence-corrected chi connectivity index (χ0v) is 19.1. The Balaban J connectivity index is 1.46. The van der Waals surface area contributed by atoms with E-state index in [1.165, 1.54) is 15.7 Å². The van der Waals surface area contributed by atoms with Crippen molar-refractivity contribution in [3.8, 4) is 0 Å². The van der Waals surface area contributed by atoms with Crippen molar-refractivity contribution in [2.75, 3.05) is 13.1 Å². The van der Waals surface area contributed by atoms with Gasteiger partial charge in [-0.05, 0) is 42.8 Å². The number of amides is 1. The number of nitrogens with zero attached hydrogens (tertiary/aromatic N) is 6. The van der Waals surface area contributed by atoms with Crippen LogP contribution < -0.4 is 0 Å². The molecule has 1 aliphatic heterocycles. The van der Waals surface area contributed by atoms with Crippen molar-refractivity contribution in [1.82, 2.24) is 29.5 Å². The first-order valence-electron chi connectivity index (χ1n) is 10.8. The van der Waals surface area contributed by atoms with E-state index >= 15 is 0 Å². The largest absolute Gasteiger partial charge is 0.332 e. The van der Waals surface area contributed by atoms with Gasteiger partial charge in [-0.1, -0.05) is 23.7 Å². The summed E-state index contributed by atoms with van der Waals surface area (Å²) in [5, 5.41) is 4.76. The van der Waals surface area contributed by atoms with Gasteiger partial charge in [0.05, 0.1) is 23.5 Å². The van der Waals surface area contributed by atoms with Gasteiger partial charge < -0.3 is 4.90 Å².